The second-order valence-electron chi connectivity index (χ2n) is 8.51. The molecule has 2 amide bonds. The maximum atomic E-state index is 13.0. The average molecular weight is 436 g/mol. The Bertz CT molecular complexity index is 1080. The molecular formula is C24H29N5OS. The summed E-state index contributed by atoms with van der Waals surface area (Å²) in [6, 6.07) is 12.9. The summed E-state index contributed by atoms with van der Waals surface area (Å²) in [4.78, 5) is 25.2. The number of aromatic nitrogens is 2. The highest BCUT2D eigenvalue weighted by Crippen LogP contribution is 2.39. The molecule has 31 heavy (non-hydrogen) atoms. The summed E-state index contributed by atoms with van der Waals surface area (Å²) in [6.07, 6.45) is 0. The molecule has 2 N–H and O–H groups in total. The summed E-state index contributed by atoms with van der Waals surface area (Å²) in [5.41, 5.74) is 6.11. The first kappa shape index (κ1) is 21.5. The van der Waals surface area contributed by atoms with E-state index < -0.39 is 0 Å². The first-order valence-corrected chi connectivity index (χ1v) is 11.5. The van der Waals surface area contributed by atoms with E-state index in [1.54, 1.807) is 0 Å². The van der Waals surface area contributed by atoms with E-state index in [9.17, 15) is 4.79 Å². The van der Waals surface area contributed by atoms with Gasteiger partial charge in [-0.25, -0.2) is 9.78 Å². The molecule has 162 valence electrons. The molecule has 1 aromatic carbocycles. The fourth-order valence-corrected chi connectivity index (χ4v) is 5.15. The SMILES string of the molecule is Cc1cccc(-c2nc(NC(=O)N3C[C@H](C)N[C@@H](C)C3)sc2-c2cc(C)nc(C)c2)c1. The van der Waals surface area contributed by atoms with E-state index in [0.717, 1.165) is 33.1 Å². The van der Waals surface area contributed by atoms with Gasteiger partial charge in [-0.15, -0.1) is 0 Å². The molecule has 0 bridgehead atoms. The van der Waals surface area contributed by atoms with E-state index in [4.69, 9.17) is 4.98 Å². The molecule has 0 saturated carbocycles. The van der Waals surface area contributed by atoms with Crippen LogP contribution in [-0.2, 0) is 0 Å². The standard InChI is InChI=1S/C24H29N5OS/c1-14-7-6-8-19(9-14)21-22(20-10-15(2)25-16(3)11-20)31-23(27-21)28-24(30)29-12-17(4)26-18(5)13-29/h6-11,17-18,26H,12-13H2,1-5H3,(H,27,28,30)/t17-,18-/m0/s1. The quantitative estimate of drug-likeness (QED) is 0.607. The van der Waals surface area contributed by atoms with Gasteiger partial charge in [0.05, 0.1) is 10.6 Å². The third-order valence-corrected chi connectivity index (χ3v) is 6.34. The molecule has 1 aliphatic heterocycles. The largest absolute Gasteiger partial charge is 0.323 e. The van der Waals surface area contributed by atoms with Crippen molar-refractivity contribution in [3.63, 3.8) is 0 Å². The third-order valence-electron chi connectivity index (χ3n) is 5.32. The van der Waals surface area contributed by atoms with Gasteiger partial charge in [-0.3, -0.25) is 10.3 Å². The molecule has 0 unspecified atom stereocenters. The van der Waals surface area contributed by atoms with Gasteiger partial charge in [0.1, 0.15) is 0 Å². The van der Waals surface area contributed by atoms with Gasteiger partial charge in [0.2, 0.25) is 0 Å². The summed E-state index contributed by atoms with van der Waals surface area (Å²) in [5.74, 6) is 0. The lowest BCUT2D eigenvalue weighted by atomic mass is 10.0. The van der Waals surface area contributed by atoms with Crippen molar-refractivity contribution in [3.05, 3.63) is 53.3 Å². The second kappa shape index (κ2) is 8.77. The minimum Gasteiger partial charge on any atom is -0.321 e. The molecule has 2 atom stereocenters. The summed E-state index contributed by atoms with van der Waals surface area (Å²) in [5, 5.41) is 7.12. The van der Waals surface area contributed by atoms with Crippen molar-refractivity contribution in [1.82, 2.24) is 20.2 Å². The van der Waals surface area contributed by atoms with Crippen LogP contribution in [0.3, 0.4) is 0 Å². The third kappa shape index (κ3) is 4.94. The maximum absolute atomic E-state index is 13.0. The number of benzene rings is 1. The van der Waals surface area contributed by atoms with E-state index >= 15 is 0 Å². The van der Waals surface area contributed by atoms with Gasteiger partial charge in [0, 0.05) is 42.1 Å². The topological polar surface area (TPSA) is 70.2 Å². The molecule has 0 radical (unpaired) electrons. The molecule has 1 saturated heterocycles. The number of carbonyl (C=O) groups excluding carboxylic acids is 1. The molecule has 0 spiro atoms. The highest BCUT2D eigenvalue weighted by Gasteiger charge is 2.26. The first-order valence-electron chi connectivity index (χ1n) is 10.6. The molecule has 1 aliphatic rings. The van der Waals surface area contributed by atoms with E-state index in [1.165, 1.54) is 16.9 Å². The number of rotatable bonds is 3. The number of piperazine rings is 1. The van der Waals surface area contributed by atoms with Gasteiger partial charge in [-0.1, -0.05) is 35.1 Å². The smallest absolute Gasteiger partial charge is 0.321 e. The number of pyridine rings is 1. The Balaban J connectivity index is 1.70. The van der Waals surface area contributed by atoms with Crippen molar-refractivity contribution in [2.75, 3.05) is 18.4 Å². The van der Waals surface area contributed by atoms with Gasteiger partial charge in [0.25, 0.3) is 0 Å². The van der Waals surface area contributed by atoms with Crippen LogP contribution in [0, 0.1) is 20.8 Å². The van der Waals surface area contributed by atoms with Gasteiger partial charge in [0.15, 0.2) is 5.13 Å². The molecule has 3 aromatic rings. The normalized spacial score (nSPS) is 18.8. The number of amides is 2. The molecule has 1 fully saturated rings. The highest BCUT2D eigenvalue weighted by atomic mass is 32.1. The van der Waals surface area contributed by atoms with Gasteiger partial charge < -0.3 is 10.2 Å². The lowest BCUT2D eigenvalue weighted by molar-refractivity contribution is 0.176. The van der Waals surface area contributed by atoms with Gasteiger partial charge in [-0.05, 0) is 58.4 Å². The monoisotopic (exact) mass is 435 g/mol. The molecule has 2 aromatic heterocycles. The lowest BCUT2D eigenvalue weighted by Crippen LogP contribution is -2.56. The molecule has 0 aliphatic carbocycles. The molecule has 3 heterocycles. The van der Waals surface area contributed by atoms with Crippen LogP contribution in [0.15, 0.2) is 36.4 Å². The number of aryl methyl sites for hydroxylation is 3. The fourth-order valence-electron chi connectivity index (χ4n) is 4.19. The van der Waals surface area contributed by atoms with E-state index in [0.29, 0.717) is 18.2 Å². The van der Waals surface area contributed by atoms with Crippen LogP contribution in [0.5, 0.6) is 0 Å². The molecule has 4 rings (SSSR count). The van der Waals surface area contributed by atoms with Crippen molar-refractivity contribution in [2.45, 2.75) is 46.7 Å². The van der Waals surface area contributed by atoms with Crippen molar-refractivity contribution in [3.8, 4) is 21.7 Å². The van der Waals surface area contributed by atoms with Crippen LogP contribution in [0.1, 0.15) is 30.8 Å². The van der Waals surface area contributed by atoms with Crippen LogP contribution >= 0.6 is 11.3 Å². The molecular weight excluding hydrogens is 406 g/mol. The number of hydrogen-bond acceptors (Lipinski definition) is 5. The zero-order valence-electron chi connectivity index (χ0n) is 18.7. The summed E-state index contributed by atoms with van der Waals surface area (Å²) in [7, 11) is 0. The Kier molecular flexibility index (Phi) is 6.07. The predicted molar refractivity (Wildman–Crippen MR) is 128 cm³/mol. The average Bonchev–Trinajstić information content (AvgIpc) is 3.10. The van der Waals surface area contributed by atoms with Crippen LogP contribution in [0.4, 0.5) is 9.93 Å². The zero-order chi connectivity index (χ0) is 22.1. The first-order chi connectivity index (χ1) is 14.8. The number of urea groups is 1. The number of nitrogens with zero attached hydrogens (tertiary/aromatic N) is 3. The summed E-state index contributed by atoms with van der Waals surface area (Å²) < 4.78 is 0. The van der Waals surface area contributed by atoms with E-state index in [2.05, 4.69) is 66.7 Å². The predicted octanol–water partition coefficient (Wildman–Crippen LogP) is 5.01. The highest BCUT2D eigenvalue weighted by molar-refractivity contribution is 7.19. The van der Waals surface area contributed by atoms with Crippen LogP contribution in [0.2, 0.25) is 0 Å². The Morgan fingerprint density at radius 2 is 1.71 bits per heavy atom. The maximum Gasteiger partial charge on any atom is 0.323 e. The Labute approximate surface area is 187 Å². The molecule has 6 nitrogen and oxygen atoms in total. The van der Waals surface area contributed by atoms with E-state index in [1.807, 2.05) is 24.8 Å². The van der Waals surface area contributed by atoms with Crippen LogP contribution in [-0.4, -0.2) is 46.1 Å². The fraction of sp³-hybridized carbons (Fsp3) is 0.375. The number of nitrogens with one attached hydrogen (secondary N) is 2. The number of anilines is 1. The second-order valence-corrected chi connectivity index (χ2v) is 9.51. The Morgan fingerprint density at radius 1 is 1.03 bits per heavy atom. The van der Waals surface area contributed by atoms with Crippen LogP contribution < -0.4 is 10.6 Å². The minimum absolute atomic E-state index is 0.0987. The zero-order valence-corrected chi connectivity index (χ0v) is 19.5. The Hall–Kier alpha value is -2.77. The number of carbonyl (C=O) groups is 1. The van der Waals surface area contributed by atoms with Crippen LogP contribution in [0.25, 0.3) is 21.7 Å². The lowest BCUT2D eigenvalue weighted by Gasteiger charge is -2.35. The molecule has 7 heteroatoms. The van der Waals surface area contributed by atoms with Crippen molar-refractivity contribution < 1.29 is 4.79 Å². The minimum atomic E-state index is -0.0987. The summed E-state index contributed by atoms with van der Waals surface area (Å²) in [6.45, 7) is 11.6. The van der Waals surface area contributed by atoms with Crippen molar-refractivity contribution in [2.24, 2.45) is 0 Å². The summed E-state index contributed by atoms with van der Waals surface area (Å²) >= 11 is 1.51. The van der Waals surface area contributed by atoms with Crippen molar-refractivity contribution in [1.29, 1.82) is 0 Å². The number of hydrogen-bond donors (Lipinski definition) is 2. The Morgan fingerprint density at radius 3 is 2.35 bits per heavy atom. The van der Waals surface area contributed by atoms with Crippen molar-refractivity contribution >= 4 is 22.5 Å². The number of thiazole rings is 1. The van der Waals surface area contributed by atoms with Gasteiger partial charge >= 0.3 is 6.03 Å². The van der Waals surface area contributed by atoms with Gasteiger partial charge in [-0.2, -0.15) is 0 Å². The van der Waals surface area contributed by atoms with E-state index in [-0.39, 0.29) is 18.1 Å².